The highest BCUT2D eigenvalue weighted by atomic mass is 32.1. The molecule has 1 aliphatic rings. The summed E-state index contributed by atoms with van der Waals surface area (Å²) in [7, 11) is 0. The van der Waals surface area contributed by atoms with Crippen molar-refractivity contribution in [3.05, 3.63) is 47.3 Å². The maximum absolute atomic E-state index is 15.2. The van der Waals surface area contributed by atoms with Crippen LogP contribution in [0.1, 0.15) is 59.6 Å². The molecule has 0 radical (unpaired) electrons. The first-order chi connectivity index (χ1) is 19.2. The second kappa shape index (κ2) is 11.6. The van der Waals surface area contributed by atoms with Crippen LogP contribution < -0.4 is 9.47 Å². The molecule has 11 heteroatoms. The van der Waals surface area contributed by atoms with Crippen molar-refractivity contribution in [2.24, 2.45) is 0 Å². The molecule has 41 heavy (non-hydrogen) atoms. The summed E-state index contributed by atoms with van der Waals surface area (Å²) in [4.78, 5) is 14.4. The third-order valence-electron chi connectivity index (χ3n) is 6.24. The zero-order valence-electron chi connectivity index (χ0n) is 24.6. The fourth-order valence-electron chi connectivity index (χ4n) is 4.42. The van der Waals surface area contributed by atoms with Gasteiger partial charge in [-0.1, -0.05) is 11.3 Å². The molecule has 4 rings (SSSR count). The van der Waals surface area contributed by atoms with E-state index in [0.29, 0.717) is 26.9 Å². The van der Waals surface area contributed by atoms with Gasteiger partial charge in [0.15, 0.2) is 11.6 Å². The Bertz CT molecular complexity index is 1470. The molecule has 2 heterocycles. The summed E-state index contributed by atoms with van der Waals surface area (Å²) < 4.78 is 38.2. The van der Waals surface area contributed by atoms with Gasteiger partial charge in [-0.2, -0.15) is 5.26 Å². The Morgan fingerprint density at radius 1 is 1.22 bits per heavy atom. The highest BCUT2D eigenvalue weighted by molar-refractivity contribution is 7.17. The van der Waals surface area contributed by atoms with Crippen molar-refractivity contribution < 1.29 is 28.1 Å². The van der Waals surface area contributed by atoms with E-state index in [2.05, 4.69) is 16.3 Å². The van der Waals surface area contributed by atoms with Crippen molar-refractivity contribution in [2.75, 3.05) is 13.2 Å². The number of amides is 1. The van der Waals surface area contributed by atoms with Crippen molar-refractivity contribution in [3.63, 3.8) is 0 Å². The summed E-state index contributed by atoms with van der Waals surface area (Å²) in [6, 6.07) is 9.95. The third kappa shape index (κ3) is 6.94. The van der Waals surface area contributed by atoms with Crippen LogP contribution in [0.15, 0.2) is 30.3 Å². The quantitative estimate of drug-likeness (QED) is 0.302. The number of carbonyl (C=O) groups excluding carboxylic acids is 1. The molecule has 1 atom stereocenters. The number of halogens is 1. The SMILES string of the molecule is Cc1cc(OC[C@H]2COC(C)(C)N2C(=O)OC(C)(C)C)c(F)cc1-c1nnc(-c2ccc(OC(C)C)c(C#N)c2)s1. The van der Waals surface area contributed by atoms with Crippen LogP contribution in [0.4, 0.5) is 9.18 Å². The minimum atomic E-state index is -0.889. The molecule has 0 aliphatic carbocycles. The number of hydrogen-bond donors (Lipinski definition) is 0. The average Bonchev–Trinajstić information content (AvgIpc) is 3.47. The van der Waals surface area contributed by atoms with Crippen LogP contribution in [-0.2, 0) is 9.47 Å². The van der Waals surface area contributed by atoms with Gasteiger partial charge < -0.3 is 18.9 Å². The molecule has 3 aromatic rings. The largest absolute Gasteiger partial charge is 0.490 e. The summed E-state index contributed by atoms with van der Waals surface area (Å²) in [6.45, 7) is 14.8. The van der Waals surface area contributed by atoms with Gasteiger partial charge in [0, 0.05) is 11.1 Å². The van der Waals surface area contributed by atoms with Crippen LogP contribution in [0.5, 0.6) is 11.5 Å². The smallest absolute Gasteiger partial charge is 0.413 e. The maximum Gasteiger partial charge on any atom is 0.413 e. The summed E-state index contributed by atoms with van der Waals surface area (Å²) >= 11 is 1.29. The minimum Gasteiger partial charge on any atom is -0.490 e. The van der Waals surface area contributed by atoms with Crippen LogP contribution in [0.2, 0.25) is 0 Å². The summed E-state index contributed by atoms with van der Waals surface area (Å²) in [5.41, 5.74) is 0.886. The standard InChI is InChI=1S/C30H35FN4O5S/c1-17(2)39-24-10-9-19(12-20(24)14-32)26-33-34-27(41-26)22-13-23(31)25(11-18(22)3)37-15-21-16-38-30(7,8)35(21)28(36)40-29(4,5)6/h9-13,17,21H,15-16H2,1-8H3/t21-/m0/s1. The lowest BCUT2D eigenvalue weighted by atomic mass is 10.1. The molecule has 0 saturated carbocycles. The molecule has 2 aromatic carbocycles. The molecular weight excluding hydrogens is 547 g/mol. The Labute approximate surface area is 243 Å². The van der Waals surface area contributed by atoms with Gasteiger partial charge in [0.1, 0.15) is 39.8 Å². The van der Waals surface area contributed by atoms with Gasteiger partial charge in [-0.25, -0.2) is 9.18 Å². The van der Waals surface area contributed by atoms with Gasteiger partial charge in [-0.15, -0.1) is 10.2 Å². The van der Waals surface area contributed by atoms with Crippen LogP contribution in [0.3, 0.4) is 0 Å². The van der Waals surface area contributed by atoms with Gasteiger partial charge in [0.25, 0.3) is 0 Å². The number of benzene rings is 2. The molecule has 1 aromatic heterocycles. The van der Waals surface area contributed by atoms with Crippen molar-refractivity contribution in [3.8, 4) is 38.7 Å². The number of ether oxygens (including phenoxy) is 4. The van der Waals surface area contributed by atoms with E-state index in [0.717, 1.165) is 11.1 Å². The maximum atomic E-state index is 15.2. The van der Waals surface area contributed by atoms with E-state index in [-0.39, 0.29) is 25.1 Å². The summed E-state index contributed by atoms with van der Waals surface area (Å²) in [5, 5.41) is 19.2. The van der Waals surface area contributed by atoms with E-state index >= 15 is 4.39 Å². The number of carbonyl (C=O) groups is 1. The molecule has 0 unspecified atom stereocenters. The number of nitrogens with zero attached hydrogens (tertiary/aromatic N) is 4. The number of hydrogen-bond acceptors (Lipinski definition) is 9. The molecule has 1 aliphatic heterocycles. The fourth-order valence-corrected chi connectivity index (χ4v) is 5.35. The predicted molar refractivity (Wildman–Crippen MR) is 153 cm³/mol. The fraction of sp³-hybridized carbons (Fsp3) is 0.467. The highest BCUT2D eigenvalue weighted by Gasteiger charge is 2.46. The van der Waals surface area contributed by atoms with Crippen molar-refractivity contribution in [2.45, 2.75) is 78.9 Å². The Kier molecular flexibility index (Phi) is 8.57. The predicted octanol–water partition coefficient (Wildman–Crippen LogP) is 6.73. The van der Waals surface area contributed by atoms with Crippen molar-refractivity contribution in [1.82, 2.24) is 15.1 Å². The van der Waals surface area contributed by atoms with Crippen LogP contribution in [0, 0.1) is 24.1 Å². The third-order valence-corrected chi connectivity index (χ3v) is 7.25. The topological polar surface area (TPSA) is 107 Å². The first-order valence-electron chi connectivity index (χ1n) is 13.3. The Hall–Kier alpha value is -3.75. The lowest BCUT2D eigenvalue weighted by Gasteiger charge is -2.35. The van der Waals surface area contributed by atoms with E-state index in [9.17, 15) is 10.1 Å². The molecule has 218 valence electrons. The van der Waals surface area contributed by atoms with Crippen molar-refractivity contribution in [1.29, 1.82) is 5.26 Å². The number of aryl methyl sites for hydroxylation is 1. The van der Waals surface area contributed by atoms with Gasteiger partial charge in [0.05, 0.1) is 24.3 Å². The number of nitriles is 1. The van der Waals surface area contributed by atoms with Crippen LogP contribution >= 0.6 is 11.3 Å². The second-order valence-corrected chi connectivity index (χ2v) is 12.5. The molecule has 1 saturated heterocycles. The molecule has 1 amide bonds. The summed E-state index contributed by atoms with van der Waals surface area (Å²) in [6.07, 6.45) is -0.579. The van der Waals surface area contributed by atoms with Crippen molar-refractivity contribution >= 4 is 17.4 Å². The zero-order chi connectivity index (χ0) is 30.1. The van der Waals surface area contributed by atoms with E-state index in [1.54, 1.807) is 52.8 Å². The van der Waals surface area contributed by atoms with Gasteiger partial charge in [0.2, 0.25) is 0 Å². The monoisotopic (exact) mass is 582 g/mol. The number of aromatic nitrogens is 2. The minimum absolute atomic E-state index is 0.0269. The van der Waals surface area contributed by atoms with Gasteiger partial charge in [-0.05, 0) is 91.3 Å². The van der Waals surface area contributed by atoms with E-state index < -0.39 is 29.3 Å². The van der Waals surface area contributed by atoms with Crippen LogP contribution in [0.25, 0.3) is 21.1 Å². The molecule has 0 spiro atoms. The Morgan fingerprint density at radius 3 is 2.59 bits per heavy atom. The molecule has 1 fully saturated rings. The molecular formula is C30H35FN4O5S. The lowest BCUT2D eigenvalue weighted by molar-refractivity contribution is -0.0637. The lowest BCUT2D eigenvalue weighted by Crippen LogP contribution is -2.51. The van der Waals surface area contributed by atoms with E-state index in [1.165, 1.54) is 22.3 Å². The van der Waals surface area contributed by atoms with Crippen LogP contribution in [-0.4, -0.2) is 57.9 Å². The highest BCUT2D eigenvalue weighted by Crippen LogP contribution is 2.36. The first-order valence-corrected chi connectivity index (χ1v) is 14.1. The zero-order valence-corrected chi connectivity index (χ0v) is 25.4. The number of rotatable bonds is 7. The molecule has 0 N–H and O–H groups in total. The molecule has 0 bridgehead atoms. The second-order valence-electron chi connectivity index (χ2n) is 11.6. The first kappa shape index (κ1) is 30.2. The Morgan fingerprint density at radius 2 is 1.93 bits per heavy atom. The Balaban J connectivity index is 1.51. The molecule has 9 nitrogen and oxygen atoms in total. The average molecular weight is 583 g/mol. The van der Waals surface area contributed by atoms with Gasteiger partial charge in [-0.3, -0.25) is 4.90 Å². The normalized spacial score (nSPS) is 16.5. The summed E-state index contributed by atoms with van der Waals surface area (Å²) in [5.74, 6) is 0.00183. The van der Waals surface area contributed by atoms with Gasteiger partial charge >= 0.3 is 6.09 Å². The van der Waals surface area contributed by atoms with E-state index in [4.69, 9.17) is 18.9 Å². The van der Waals surface area contributed by atoms with E-state index in [1.807, 2.05) is 26.8 Å².